The van der Waals surface area contributed by atoms with Crippen molar-refractivity contribution in [1.29, 1.82) is 0 Å². The lowest BCUT2D eigenvalue weighted by Gasteiger charge is -2.27. The maximum atomic E-state index is 11.4. The lowest BCUT2D eigenvalue weighted by Crippen LogP contribution is -2.33. The van der Waals surface area contributed by atoms with Gasteiger partial charge in [0.1, 0.15) is 0 Å². The first-order chi connectivity index (χ1) is 7.64. The molecule has 0 aliphatic heterocycles. The summed E-state index contributed by atoms with van der Waals surface area (Å²) in [4.78, 5) is 11.4. The normalized spacial score (nSPS) is 14.4. The molecule has 0 aliphatic rings. The van der Waals surface area contributed by atoms with Crippen molar-refractivity contribution in [3.63, 3.8) is 0 Å². The minimum absolute atomic E-state index is 0.602. The Morgan fingerprint density at radius 1 is 1.38 bits per heavy atom. The van der Waals surface area contributed by atoms with E-state index in [0.29, 0.717) is 19.3 Å². The van der Waals surface area contributed by atoms with Gasteiger partial charge in [-0.1, -0.05) is 53.2 Å². The standard InChI is InChI=1S/C13H17BrO2/c1-2-13(8-9-14,12(15)16)10-11-6-4-3-5-7-11/h3-7H,2,8-10H2,1H3,(H,15,16). The van der Waals surface area contributed by atoms with Crippen molar-refractivity contribution in [3.05, 3.63) is 35.9 Å². The molecular weight excluding hydrogens is 268 g/mol. The van der Waals surface area contributed by atoms with Gasteiger partial charge in [-0.05, 0) is 24.8 Å². The molecule has 0 fully saturated rings. The zero-order valence-corrected chi connectivity index (χ0v) is 11.0. The molecule has 0 bridgehead atoms. The molecule has 1 N–H and O–H groups in total. The van der Waals surface area contributed by atoms with Gasteiger partial charge in [0.2, 0.25) is 0 Å². The minimum Gasteiger partial charge on any atom is -0.481 e. The van der Waals surface area contributed by atoms with E-state index in [1.807, 2.05) is 37.3 Å². The highest BCUT2D eigenvalue weighted by atomic mass is 79.9. The Morgan fingerprint density at radius 2 is 2.00 bits per heavy atom. The monoisotopic (exact) mass is 284 g/mol. The second-order valence-electron chi connectivity index (χ2n) is 4.04. The molecule has 1 unspecified atom stereocenters. The van der Waals surface area contributed by atoms with Crippen LogP contribution in [0.1, 0.15) is 25.3 Å². The van der Waals surface area contributed by atoms with Crippen LogP contribution >= 0.6 is 15.9 Å². The van der Waals surface area contributed by atoms with Crippen LogP contribution in [0.15, 0.2) is 30.3 Å². The van der Waals surface area contributed by atoms with Crippen LogP contribution < -0.4 is 0 Å². The largest absolute Gasteiger partial charge is 0.481 e. The zero-order chi connectivity index (χ0) is 12.0. The van der Waals surface area contributed by atoms with Crippen molar-refractivity contribution in [1.82, 2.24) is 0 Å². The van der Waals surface area contributed by atoms with Gasteiger partial charge >= 0.3 is 5.97 Å². The van der Waals surface area contributed by atoms with Gasteiger partial charge in [0.15, 0.2) is 0 Å². The predicted molar refractivity (Wildman–Crippen MR) is 68.9 cm³/mol. The summed E-state index contributed by atoms with van der Waals surface area (Å²) >= 11 is 3.34. The highest BCUT2D eigenvalue weighted by Gasteiger charge is 2.35. The Balaban J connectivity index is 2.90. The van der Waals surface area contributed by atoms with Crippen molar-refractivity contribution in [3.8, 4) is 0 Å². The number of halogens is 1. The molecule has 1 aromatic rings. The topological polar surface area (TPSA) is 37.3 Å². The molecule has 1 rings (SSSR count). The van der Waals surface area contributed by atoms with Crippen molar-refractivity contribution in [2.24, 2.45) is 5.41 Å². The summed E-state index contributed by atoms with van der Waals surface area (Å²) in [5, 5.41) is 10.1. The molecule has 88 valence electrons. The van der Waals surface area contributed by atoms with E-state index < -0.39 is 11.4 Å². The fourth-order valence-electron chi connectivity index (χ4n) is 1.89. The Hall–Kier alpha value is -0.830. The van der Waals surface area contributed by atoms with Crippen molar-refractivity contribution < 1.29 is 9.90 Å². The van der Waals surface area contributed by atoms with Crippen LogP contribution in [0.4, 0.5) is 0 Å². The molecule has 3 heteroatoms. The van der Waals surface area contributed by atoms with Gasteiger partial charge < -0.3 is 5.11 Å². The van der Waals surface area contributed by atoms with Crippen LogP contribution in [-0.2, 0) is 11.2 Å². The second-order valence-corrected chi connectivity index (χ2v) is 4.83. The summed E-state index contributed by atoms with van der Waals surface area (Å²) in [6.07, 6.45) is 1.92. The summed E-state index contributed by atoms with van der Waals surface area (Å²) in [6.45, 7) is 1.94. The number of hydrogen-bond acceptors (Lipinski definition) is 1. The third-order valence-corrected chi connectivity index (χ3v) is 3.49. The fraction of sp³-hybridized carbons (Fsp3) is 0.462. The van der Waals surface area contributed by atoms with Gasteiger partial charge in [0.05, 0.1) is 5.41 Å². The lowest BCUT2D eigenvalue weighted by molar-refractivity contribution is -0.149. The van der Waals surface area contributed by atoms with Gasteiger partial charge in [0.25, 0.3) is 0 Å². The number of rotatable bonds is 6. The van der Waals surface area contributed by atoms with Crippen molar-refractivity contribution in [2.45, 2.75) is 26.2 Å². The zero-order valence-electron chi connectivity index (χ0n) is 9.45. The van der Waals surface area contributed by atoms with Crippen molar-refractivity contribution >= 4 is 21.9 Å². The molecule has 0 radical (unpaired) electrons. The first kappa shape index (κ1) is 13.2. The number of aliphatic carboxylic acids is 1. The van der Waals surface area contributed by atoms with E-state index in [1.165, 1.54) is 0 Å². The van der Waals surface area contributed by atoms with E-state index in [0.717, 1.165) is 10.9 Å². The highest BCUT2D eigenvalue weighted by Crippen LogP contribution is 2.32. The smallest absolute Gasteiger partial charge is 0.309 e. The molecule has 0 aliphatic carbocycles. The number of hydrogen-bond donors (Lipinski definition) is 1. The molecule has 1 aromatic carbocycles. The maximum absolute atomic E-state index is 11.4. The molecule has 0 aromatic heterocycles. The summed E-state index contributed by atoms with van der Waals surface area (Å²) in [6, 6.07) is 9.82. The van der Waals surface area contributed by atoms with Gasteiger partial charge in [-0.25, -0.2) is 0 Å². The molecule has 0 amide bonds. The first-order valence-corrected chi connectivity index (χ1v) is 6.60. The number of carboxylic acid groups (broad SMARTS) is 1. The average Bonchev–Trinajstić information content (AvgIpc) is 2.29. The van der Waals surface area contributed by atoms with Crippen LogP contribution in [0.2, 0.25) is 0 Å². The fourth-order valence-corrected chi connectivity index (χ4v) is 2.65. The molecule has 2 nitrogen and oxygen atoms in total. The SMILES string of the molecule is CCC(CCBr)(Cc1ccccc1)C(=O)O. The third kappa shape index (κ3) is 3.08. The Morgan fingerprint density at radius 3 is 2.44 bits per heavy atom. The number of carboxylic acids is 1. The highest BCUT2D eigenvalue weighted by molar-refractivity contribution is 9.09. The molecule has 0 saturated carbocycles. The van der Waals surface area contributed by atoms with E-state index in [4.69, 9.17) is 0 Å². The van der Waals surface area contributed by atoms with Crippen LogP contribution in [0.25, 0.3) is 0 Å². The number of carbonyl (C=O) groups is 1. The molecule has 0 saturated heterocycles. The molecule has 16 heavy (non-hydrogen) atoms. The Kier molecular flexibility index (Phi) is 5.00. The number of alkyl halides is 1. The molecular formula is C13H17BrO2. The minimum atomic E-state index is -0.696. The van der Waals surface area contributed by atoms with Gasteiger partial charge in [-0.2, -0.15) is 0 Å². The van der Waals surface area contributed by atoms with E-state index in [9.17, 15) is 9.90 Å². The van der Waals surface area contributed by atoms with Crippen LogP contribution in [0.3, 0.4) is 0 Å². The molecule has 0 heterocycles. The number of benzene rings is 1. The second kappa shape index (κ2) is 6.04. The first-order valence-electron chi connectivity index (χ1n) is 5.48. The summed E-state index contributed by atoms with van der Waals surface area (Å²) < 4.78 is 0. The average molecular weight is 285 g/mol. The van der Waals surface area contributed by atoms with Gasteiger partial charge in [0, 0.05) is 5.33 Å². The van der Waals surface area contributed by atoms with Crippen molar-refractivity contribution in [2.75, 3.05) is 5.33 Å². The van der Waals surface area contributed by atoms with Crippen LogP contribution in [0, 0.1) is 5.41 Å². The lowest BCUT2D eigenvalue weighted by atomic mass is 9.77. The van der Waals surface area contributed by atoms with E-state index >= 15 is 0 Å². The summed E-state index contributed by atoms with van der Waals surface area (Å²) in [5.41, 5.74) is 0.456. The van der Waals surface area contributed by atoms with Gasteiger partial charge in [-0.15, -0.1) is 0 Å². The van der Waals surface area contributed by atoms with Crippen LogP contribution in [-0.4, -0.2) is 16.4 Å². The summed E-state index contributed by atoms with van der Waals surface area (Å²) in [5.74, 6) is -0.696. The molecule has 0 spiro atoms. The Labute approximate surface area is 105 Å². The van der Waals surface area contributed by atoms with Crippen LogP contribution in [0.5, 0.6) is 0 Å². The maximum Gasteiger partial charge on any atom is 0.309 e. The quantitative estimate of drug-likeness (QED) is 0.812. The van der Waals surface area contributed by atoms with E-state index in [1.54, 1.807) is 0 Å². The predicted octanol–water partition coefficient (Wildman–Crippen LogP) is 3.50. The van der Waals surface area contributed by atoms with E-state index in [-0.39, 0.29) is 0 Å². The van der Waals surface area contributed by atoms with E-state index in [2.05, 4.69) is 15.9 Å². The Bertz CT molecular complexity index is 337. The molecule has 1 atom stereocenters. The third-order valence-electron chi connectivity index (χ3n) is 3.09. The van der Waals surface area contributed by atoms with Gasteiger partial charge in [-0.3, -0.25) is 4.79 Å². The summed E-state index contributed by atoms with van der Waals surface area (Å²) in [7, 11) is 0.